The maximum atomic E-state index is 9.99. The molecule has 0 heterocycles. The van der Waals surface area contributed by atoms with E-state index in [2.05, 4.69) is 5.73 Å². The molecular weight excluding hydrogens is 250 g/mol. The van der Waals surface area contributed by atoms with E-state index in [9.17, 15) is 19.2 Å². The molecule has 0 fully saturated rings. The number of amides is 1. The van der Waals surface area contributed by atoms with Crippen LogP contribution in [0.1, 0.15) is 19.3 Å². The molecule has 0 aromatic carbocycles. The summed E-state index contributed by atoms with van der Waals surface area (Å²) in [6.45, 7) is 0. The summed E-state index contributed by atoms with van der Waals surface area (Å²) in [5.74, 6) is -4.07. The van der Waals surface area contributed by atoms with Crippen molar-refractivity contribution < 1.29 is 34.5 Å². The zero-order valence-electron chi connectivity index (χ0n) is 9.54. The summed E-state index contributed by atoms with van der Waals surface area (Å²) in [6, 6.07) is -1.16. The predicted molar refractivity (Wildman–Crippen MR) is 59.0 cm³/mol. The van der Waals surface area contributed by atoms with Crippen LogP contribution in [0.3, 0.4) is 0 Å². The van der Waals surface area contributed by atoms with E-state index in [1.165, 1.54) is 0 Å². The van der Waals surface area contributed by atoms with Crippen molar-refractivity contribution >= 4 is 23.8 Å². The van der Waals surface area contributed by atoms with Gasteiger partial charge in [-0.1, -0.05) is 0 Å². The maximum absolute atomic E-state index is 9.99. The highest BCUT2D eigenvalue weighted by atomic mass is 16.4. The molecule has 0 aliphatic carbocycles. The largest absolute Gasteiger partial charge is 0.481 e. The lowest BCUT2D eigenvalue weighted by molar-refractivity contribution is -0.143. The van der Waals surface area contributed by atoms with E-state index in [1.54, 1.807) is 0 Å². The van der Waals surface area contributed by atoms with Crippen molar-refractivity contribution in [3.63, 3.8) is 0 Å². The molecule has 10 heteroatoms. The van der Waals surface area contributed by atoms with Gasteiger partial charge in [-0.3, -0.25) is 19.2 Å². The molecule has 0 bridgehead atoms. The second-order valence-electron chi connectivity index (χ2n) is 2.90. The van der Waals surface area contributed by atoms with Gasteiger partial charge in [0.05, 0.1) is 19.3 Å². The Hall–Kier alpha value is -2.20. The van der Waals surface area contributed by atoms with Crippen LogP contribution in [0.5, 0.6) is 0 Å². The van der Waals surface area contributed by atoms with Crippen LogP contribution in [-0.2, 0) is 19.2 Å². The summed E-state index contributed by atoms with van der Waals surface area (Å²) in [7, 11) is 0. The third-order valence-corrected chi connectivity index (χ3v) is 1.29. The standard InChI is InChI=1S/C4H8N2O3.C4H6O4.H3N/c5-2(4(8)9)1-3(6)7;5-3(6)1-2-4(7)8;/h2H,1,5H2,(H2,6,7)(H,8,9);1-2H2,(H,5,6)(H,7,8);1H3. The summed E-state index contributed by atoms with van der Waals surface area (Å²) in [5, 5.41) is 23.9. The number of carboxylic acid groups (broad SMARTS) is 3. The number of primary amides is 1. The van der Waals surface area contributed by atoms with Crippen molar-refractivity contribution in [3.05, 3.63) is 0 Å². The number of hydrogen-bond donors (Lipinski definition) is 6. The topological polar surface area (TPSA) is 216 Å². The van der Waals surface area contributed by atoms with E-state index in [1.807, 2.05) is 0 Å². The van der Waals surface area contributed by atoms with E-state index < -0.39 is 29.9 Å². The van der Waals surface area contributed by atoms with E-state index >= 15 is 0 Å². The number of hydrogen-bond acceptors (Lipinski definition) is 6. The van der Waals surface area contributed by atoms with Gasteiger partial charge in [0.15, 0.2) is 0 Å². The quantitative estimate of drug-likeness (QED) is 0.325. The second-order valence-corrected chi connectivity index (χ2v) is 2.90. The Morgan fingerprint density at radius 2 is 1.28 bits per heavy atom. The fourth-order valence-electron chi connectivity index (χ4n) is 0.518. The molecule has 1 unspecified atom stereocenters. The Morgan fingerprint density at radius 1 is 0.944 bits per heavy atom. The number of carboxylic acids is 3. The average Bonchev–Trinajstić information content (AvgIpc) is 2.14. The van der Waals surface area contributed by atoms with Gasteiger partial charge in [-0.2, -0.15) is 0 Å². The third-order valence-electron chi connectivity index (χ3n) is 1.29. The van der Waals surface area contributed by atoms with Crippen LogP contribution in [0.25, 0.3) is 0 Å². The van der Waals surface area contributed by atoms with Crippen molar-refractivity contribution in [1.82, 2.24) is 6.15 Å². The molecular formula is C8H17N3O7. The monoisotopic (exact) mass is 267 g/mol. The second kappa shape index (κ2) is 11.3. The number of aliphatic carboxylic acids is 3. The summed E-state index contributed by atoms with van der Waals surface area (Å²) >= 11 is 0. The fourth-order valence-corrected chi connectivity index (χ4v) is 0.518. The van der Waals surface area contributed by atoms with E-state index in [4.69, 9.17) is 21.1 Å². The lowest BCUT2D eigenvalue weighted by Gasteiger charge is -1.99. The highest BCUT2D eigenvalue weighted by Crippen LogP contribution is 1.86. The third kappa shape index (κ3) is 19.4. The molecule has 0 aromatic rings. The van der Waals surface area contributed by atoms with Gasteiger partial charge in [-0.15, -0.1) is 0 Å². The summed E-state index contributed by atoms with van der Waals surface area (Å²) < 4.78 is 0. The van der Waals surface area contributed by atoms with Crippen molar-refractivity contribution in [3.8, 4) is 0 Å². The van der Waals surface area contributed by atoms with Crippen molar-refractivity contribution in [2.24, 2.45) is 11.5 Å². The van der Waals surface area contributed by atoms with Gasteiger partial charge < -0.3 is 32.9 Å². The Balaban J connectivity index is -0.000000238. The number of carbonyl (C=O) groups is 4. The molecule has 18 heavy (non-hydrogen) atoms. The van der Waals surface area contributed by atoms with Gasteiger partial charge in [-0.25, -0.2) is 0 Å². The summed E-state index contributed by atoms with van der Waals surface area (Å²) in [5.41, 5.74) is 9.57. The molecule has 0 saturated carbocycles. The summed E-state index contributed by atoms with van der Waals surface area (Å²) in [6.07, 6.45) is -0.903. The van der Waals surface area contributed by atoms with E-state index in [0.29, 0.717) is 0 Å². The first-order valence-electron chi connectivity index (χ1n) is 4.37. The zero-order valence-corrected chi connectivity index (χ0v) is 9.54. The normalized spacial score (nSPS) is 10.1. The molecule has 0 rings (SSSR count). The number of carbonyl (C=O) groups excluding carboxylic acids is 1. The lowest BCUT2D eigenvalue weighted by Crippen LogP contribution is -2.34. The van der Waals surface area contributed by atoms with Crippen molar-refractivity contribution in [2.75, 3.05) is 0 Å². The first kappa shape index (κ1) is 21.1. The lowest BCUT2D eigenvalue weighted by atomic mass is 10.2. The molecule has 0 saturated heterocycles. The SMILES string of the molecule is N.NC(=O)CC(N)C(=O)O.O=C(O)CCC(=O)O. The minimum absolute atomic E-state index is 0. The van der Waals surface area contributed by atoms with Crippen LogP contribution in [0, 0.1) is 0 Å². The number of rotatable bonds is 6. The Morgan fingerprint density at radius 3 is 1.39 bits per heavy atom. The molecule has 10 N–H and O–H groups in total. The highest BCUT2D eigenvalue weighted by molar-refractivity contribution is 5.83. The fraction of sp³-hybridized carbons (Fsp3) is 0.500. The van der Waals surface area contributed by atoms with Crippen molar-refractivity contribution in [1.29, 1.82) is 0 Å². The van der Waals surface area contributed by atoms with Crippen LogP contribution in [0.2, 0.25) is 0 Å². The molecule has 106 valence electrons. The molecule has 0 aliphatic heterocycles. The smallest absolute Gasteiger partial charge is 0.321 e. The Bertz CT molecular complexity index is 291. The zero-order chi connectivity index (χ0) is 14.0. The molecule has 10 nitrogen and oxygen atoms in total. The summed E-state index contributed by atoms with van der Waals surface area (Å²) in [4.78, 5) is 39.2. The van der Waals surface area contributed by atoms with E-state index in [0.717, 1.165) is 0 Å². The predicted octanol–water partition coefficient (Wildman–Crippen LogP) is -1.63. The van der Waals surface area contributed by atoms with Crippen LogP contribution in [0.4, 0.5) is 0 Å². The highest BCUT2D eigenvalue weighted by Gasteiger charge is 2.13. The van der Waals surface area contributed by atoms with Crippen LogP contribution in [-0.4, -0.2) is 45.2 Å². The van der Waals surface area contributed by atoms with Crippen LogP contribution >= 0.6 is 0 Å². The van der Waals surface area contributed by atoms with Gasteiger partial charge in [0.1, 0.15) is 6.04 Å². The van der Waals surface area contributed by atoms with Gasteiger partial charge >= 0.3 is 17.9 Å². The first-order chi connectivity index (χ1) is 7.66. The molecule has 1 atom stereocenters. The van der Waals surface area contributed by atoms with Gasteiger partial charge in [0, 0.05) is 0 Å². The minimum Gasteiger partial charge on any atom is -0.481 e. The average molecular weight is 267 g/mol. The molecule has 0 aromatic heterocycles. The van der Waals surface area contributed by atoms with Gasteiger partial charge in [-0.05, 0) is 0 Å². The van der Waals surface area contributed by atoms with Gasteiger partial charge in [0.2, 0.25) is 5.91 Å². The van der Waals surface area contributed by atoms with Crippen LogP contribution < -0.4 is 17.6 Å². The van der Waals surface area contributed by atoms with E-state index in [-0.39, 0.29) is 25.4 Å². The van der Waals surface area contributed by atoms with Crippen molar-refractivity contribution in [2.45, 2.75) is 25.3 Å². The minimum atomic E-state index is -1.21. The first-order valence-corrected chi connectivity index (χ1v) is 4.37. The molecule has 1 amide bonds. The molecule has 0 radical (unpaired) electrons. The maximum Gasteiger partial charge on any atom is 0.321 e. The molecule has 0 aliphatic rings. The van der Waals surface area contributed by atoms with Gasteiger partial charge in [0.25, 0.3) is 0 Å². The molecule has 0 spiro atoms. The Labute approximate surface area is 102 Å². The Kier molecular flexibility index (Phi) is 13.2. The van der Waals surface area contributed by atoms with Crippen LogP contribution in [0.15, 0.2) is 0 Å². The number of nitrogens with two attached hydrogens (primary N) is 2.